The number of hydrogen-bond donors (Lipinski definition) is 0. The first kappa shape index (κ1) is 21.2. The van der Waals surface area contributed by atoms with E-state index in [2.05, 4.69) is 0 Å². The lowest BCUT2D eigenvalue weighted by atomic mass is 10.0. The van der Waals surface area contributed by atoms with E-state index in [0.29, 0.717) is 18.7 Å². The second-order valence-electron chi connectivity index (χ2n) is 7.35. The Hall–Kier alpha value is -2.51. The van der Waals surface area contributed by atoms with Crippen molar-refractivity contribution in [2.45, 2.75) is 44.6 Å². The number of Topliss-reactive ketones (excluding diaryl/α,β-unsaturated/α-hetero) is 1. The zero-order chi connectivity index (χ0) is 21.2. The van der Waals surface area contributed by atoms with Crippen LogP contribution in [-0.4, -0.2) is 43.7 Å². The molecule has 29 heavy (non-hydrogen) atoms. The van der Waals surface area contributed by atoms with Crippen LogP contribution in [0.4, 0.5) is 0 Å². The normalized spacial score (nSPS) is 15.8. The predicted molar refractivity (Wildman–Crippen MR) is 110 cm³/mol. The van der Waals surface area contributed by atoms with Gasteiger partial charge in [0.1, 0.15) is 0 Å². The summed E-state index contributed by atoms with van der Waals surface area (Å²) < 4.78 is 32.1. The number of aryl methyl sites for hydroxylation is 2. The van der Waals surface area contributed by atoms with Crippen molar-refractivity contribution in [3.63, 3.8) is 0 Å². The zero-order valence-electron chi connectivity index (χ0n) is 16.8. The molecule has 1 atom stereocenters. The molecular formula is C22H25NO5S. The number of ketones is 1. The second kappa shape index (κ2) is 8.47. The number of carbonyl (C=O) groups excluding carboxylic acids is 2. The molecule has 0 amide bonds. The molecule has 0 aliphatic carbocycles. The minimum atomic E-state index is -3.63. The summed E-state index contributed by atoms with van der Waals surface area (Å²) in [5.74, 6) is -1.03. The molecule has 0 saturated carbocycles. The van der Waals surface area contributed by atoms with Crippen molar-refractivity contribution in [2.24, 2.45) is 0 Å². The molecule has 0 aromatic heterocycles. The number of nitrogens with zero attached hydrogens (tertiary/aromatic N) is 1. The lowest BCUT2D eigenvalue weighted by molar-refractivity contribution is 0.0318. The molecule has 1 saturated heterocycles. The van der Waals surface area contributed by atoms with Gasteiger partial charge in [-0.15, -0.1) is 0 Å². The minimum Gasteiger partial charge on any atom is -0.451 e. The Balaban J connectivity index is 1.75. The van der Waals surface area contributed by atoms with E-state index in [-0.39, 0.29) is 16.2 Å². The van der Waals surface area contributed by atoms with Gasteiger partial charge in [0.05, 0.1) is 10.5 Å². The van der Waals surface area contributed by atoms with Gasteiger partial charge in [-0.05, 0) is 69.0 Å². The van der Waals surface area contributed by atoms with Crippen LogP contribution in [0.2, 0.25) is 0 Å². The molecule has 0 N–H and O–H groups in total. The minimum absolute atomic E-state index is 0.0574. The van der Waals surface area contributed by atoms with Crippen LogP contribution in [0, 0.1) is 13.8 Å². The Bertz CT molecular complexity index is 1040. The number of carbonyl (C=O) groups is 2. The van der Waals surface area contributed by atoms with E-state index in [9.17, 15) is 18.0 Å². The van der Waals surface area contributed by atoms with Crippen LogP contribution in [0.25, 0.3) is 0 Å². The molecule has 0 bridgehead atoms. The van der Waals surface area contributed by atoms with E-state index in [1.54, 1.807) is 12.1 Å². The van der Waals surface area contributed by atoms with Crippen molar-refractivity contribution in [2.75, 3.05) is 13.1 Å². The summed E-state index contributed by atoms with van der Waals surface area (Å²) in [7, 11) is -3.63. The van der Waals surface area contributed by atoms with E-state index in [4.69, 9.17) is 4.74 Å². The summed E-state index contributed by atoms with van der Waals surface area (Å²) in [5, 5.41) is 0. The second-order valence-corrected chi connectivity index (χ2v) is 9.29. The van der Waals surface area contributed by atoms with Crippen LogP contribution in [0.3, 0.4) is 0 Å². The van der Waals surface area contributed by atoms with Crippen molar-refractivity contribution in [3.8, 4) is 0 Å². The zero-order valence-corrected chi connectivity index (χ0v) is 17.7. The van der Waals surface area contributed by atoms with E-state index in [1.807, 2.05) is 19.9 Å². The maximum atomic E-state index is 12.7. The van der Waals surface area contributed by atoms with Gasteiger partial charge in [0.25, 0.3) is 0 Å². The van der Waals surface area contributed by atoms with Crippen LogP contribution >= 0.6 is 0 Å². The average Bonchev–Trinajstić information content (AvgIpc) is 3.25. The van der Waals surface area contributed by atoms with Crippen LogP contribution < -0.4 is 0 Å². The van der Waals surface area contributed by atoms with E-state index >= 15 is 0 Å². The number of hydrogen-bond acceptors (Lipinski definition) is 5. The molecule has 0 unspecified atom stereocenters. The molecule has 1 fully saturated rings. The van der Waals surface area contributed by atoms with Crippen molar-refractivity contribution >= 4 is 21.8 Å². The molecule has 1 heterocycles. The molecule has 2 aromatic rings. The Morgan fingerprint density at radius 2 is 1.66 bits per heavy atom. The molecule has 0 spiro atoms. The third-order valence-electron chi connectivity index (χ3n) is 5.22. The van der Waals surface area contributed by atoms with Gasteiger partial charge in [0.2, 0.25) is 15.8 Å². The number of ether oxygens (including phenoxy) is 1. The number of sulfonamides is 1. The third-order valence-corrected chi connectivity index (χ3v) is 7.11. The van der Waals surface area contributed by atoms with E-state index < -0.39 is 22.1 Å². The fourth-order valence-corrected chi connectivity index (χ4v) is 4.84. The average molecular weight is 416 g/mol. The number of benzene rings is 2. The van der Waals surface area contributed by atoms with Gasteiger partial charge in [-0.2, -0.15) is 4.31 Å². The van der Waals surface area contributed by atoms with Gasteiger partial charge in [-0.25, -0.2) is 13.2 Å². The van der Waals surface area contributed by atoms with Crippen LogP contribution in [0.15, 0.2) is 47.4 Å². The maximum absolute atomic E-state index is 12.7. The van der Waals surface area contributed by atoms with Gasteiger partial charge in [-0.1, -0.05) is 18.2 Å². The number of rotatable bonds is 6. The van der Waals surface area contributed by atoms with Gasteiger partial charge < -0.3 is 4.74 Å². The standard InChI is InChI=1S/C22H25NO5S/c1-15-9-10-18(13-16(15)2)21(24)17(3)28-22(25)19-7-6-8-20(14-19)29(26,27)23-11-4-5-12-23/h6-10,13-14,17H,4-5,11-12H2,1-3H3/t17-/m1/s1. The highest BCUT2D eigenvalue weighted by molar-refractivity contribution is 7.89. The first-order valence-electron chi connectivity index (χ1n) is 9.63. The molecule has 0 radical (unpaired) electrons. The molecule has 1 aliphatic heterocycles. The van der Waals surface area contributed by atoms with Gasteiger partial charge in [-0.3, -0.25) is 4.79 Å². The lowest BCUT2D eigenvalue weighted by Crippen LogP contribution is -2.28. The Labute approximate surface area is 171 Å². The van der Waals surface area contributed by atoms with Gasteiger partial charge in [0, 0.05) is 18.7 Å². The SMILES string of the molecule is Cc1ccc(C(=O)[C@@H](C)OC(=O)c2cccc(S(=O)(=O)N3CCCC3)c2)cc1C. The van der Waals surface area contributed by atoms with Crippen molar-refractivity contribution in [3.05, 3.63) is 64.7 Å². The number of esters is 1. The summed E-state index contributed by atoms with van der Waals surface area (Å²) in [4.78, 5) is 25.2. The highest BCUT2D eigenvalue weighted by Crippen LogP contribution is 2.22. The summed E-state index contributed by atoms with van der Waals surface area (Å²) in [6, 6.07) is 11.1. The Kier molecular flexibility index (Phi) is 6.19. The quantitative estimate of drug-likeness (QED) is 0.533. The highest BCUT2D eigenvalue weighted by atomic mass is 32.2. The maximum Gasteiger partial charge on any atom is 0.338 e. The van der Waals surface area contributed by atoms with Gasteiger partial charge in [0.15, 0.2) is 6.10 Å². The third kappa shape index (κ3) is 4.57. The molecule has 7 heteroatoms. The van der Waals surface area contributed by atoms with Crippen LogP contribution in [-0.2, 0) is 14.8 Å². The van der Waals surface area contributed by atoms with Crippen molar-refractivity contribution < 1.29 is 22.7 Å². The molecule has 6 nitrogen and oxygen atoms in total. The van der Waals surface area contributed by atoms with Crippen LogP contribution in [0.1, 0.15) is 51.6 Å². The van der Waals surface area contributed by atoms with Crippen molar-refractivity contribution in [1.29, 1.82) is 0 Å². The molecule has 154 valence electrons. The lowest BCUT2D eigenvalue weighted by Gasteiger charge is -2.16. The van der Waals surface area contributed by atoms with E-state index in [0.717, 1.165) is 24.0 Å². The first-order valence-corrected chi connectivity index (χ1v) is 11.1. The Morgan fingerprint density at radius 1 is 0.966 bits per heavy atom. The molecular weight excluding hydrogens is 390 g/mol. The van der Waals surface area contributed by atoms with E-state index in [1.165, 1.54) is 35.5 Å². The van der Waals surface area contributed by atoms with Gasteiger partial charge >= 0.3 is 5.97 Å². The first-order chi connectivity index (χ1) is 13.7. The highest BCUT2D eigenvalue weighted by Gasteiger charge is 2.28. The fourth-order valence-electron chi connectivity index (χ4n) is 3.27. The van der Waals surface area contributed by atoms with Crippen molar-refractivity contribution in [1.82, 2.24) is 4.31 Å². The predicted octanol–water partition coefficient (Wildman–Crippen LogP) is 3.52. The summed E-state index contributed by atoms with van der Waals surface area (Å²) in [6.07, 6.45) is 0.682. The summed E-state index contributed by atoms with van der Waals surface area (Å²) in [6.45, 7) is 6.35. The monoisotopic (exact) mass is 415 g/mol. The fraction of sp³-hybridized carbons (Fsp3) is 0.364. The largest absolute Gasteiger partial charge is 0.451 e. The summed E-state index contributed by atoms with van der Waals surface area (Å²) >= 11 is 0. The van der Waals surface area contributed by atoms with Crippen LogP contribution in [0.5, 0.6) is 0 Å². The molecule has 3 rings (SSSR count). The smallest absolute Gasteiger partial charge is 0.338 e. The summed E-state index contributed by atoms with van der Waals surface area (Å²) in [5.41, 5.74) is 2.63. The molecule has 2 aromatic carbocycles. The Morgan fingerprint density at radius 3 is 2.31 bits per heavy atom. The topological polar surface area (TPSA) is 80.8 Å². The molecule has 1 aliphatic rings.